The molecule has 0 aliphatic rings. The molecule has 1 unspecified atom stereocenters. The van der Waals surface area contributed by atoms with E-state index in [0.717, 1.165) is 24.0 Å². The normalized spacial score (nSPS) is 13.3. The molecule has 8 nitrogen and oxygen atoms in total. The molecule has 0 amide bonds. The molecule has 180 valence electrons. The highest BCUT2D eigenvalue weighted by Crippen LogP contribution is 2.13. The van der Waals surface area contributed by atoms with E-state index in [1.165, 1.54) is 9.13 Å². The maximum Gasteiger partial charge on any atom is 0.332 e. The lowest BCUT2D eigenvalue weighted by atomic mass is 9.99. The summed E-state index contributed by atoms with van der Waals surface area (Å²) in [7, 11) is 3.80. The Morgan fingerprint density at radius 3 is 2.41 bits per heavy atom. The molecule has 9 heteroatoms. The van der Waals surface area contributed by atoms with Crippen LogP contribution in [0, 0.1) is 11.8 Å². The minimum absolute atomic E-state index is 0. The van der Waals surface area contributed by atoms with Crippen LogP contribution in [0.15, 0.2) is 15.9 Å². The summed E-state index contributed by atoms with van der Waals surface area (Å²) in [6.07, 6.45) is 4.26. The lowest BCUT2D eigenvalue weighted by Gasteiger charge is -2.29. The first-order valence-corrected chi connectivity index (χ1v) is 11.3. The van der Waals surface area contributed by atoms with Gasteiger partial charge in [0.1, 0.15) is 12.1 Å². The Balaban J connectivity index is 0.00000512. The van der Waals surface area contributed by atoms with Crippen molar-refractivity contribution in [1.29, 1.82) is 0 Å². The van der Waals surface area contributed by atoms with E-state index < -0.39 is 5.60 Å². The van der Waals surface area contributed by atoms with Gasteiger partial charge in [-0.15, -0.1) is 0 Å². The minimum atomic E-state index is -1.08. The first-order chi connectivity index (χ1) is 14.6. The third-order valence-electron chi connectivity index (χ3n) is 6.21. The highest BCUT2D eigenvalue weighted by atomic mass is 127. The predicted molar refractivity (Wildman–Crippen MR) is 124 cm³/mol. The molecule has 0 saturated carbocycles. The third kappa shape index (κ3) is 6.68. The number of quaternary nitrogens is 1. The van der Waals surface area contributed by atoms with Gasteiger partial charge in [0.15, 0.2) is 11.2 Å². The largest absolute Gasteiger partial charge is 1.00 e. The van der Waals surface area contributed by atoms with E-state index in [-0.39, 0.29) is 35.2 Å². The molecule has 2 heterocycles. The average Bonchev–Trinajstić information content (AvgIpc) is 3.15. The van der Waals surface area contributed by atoms with E-state index in [4.69, 9.17) is 0 Å². The first-order valence-electron chi connectivity index (χ1n) is 11.3. The molecule has 32 heavy (non-hydrogen) atoms. The molecule has 2 aromatic heterocycles. The number of rotatable bonds is 10. The van der Waals surface area contributed by atoms with Gasteiger partial charge in [-0.3, -0.25) is 13.9 Å². The number of nitrogens with zero attached hydrogens (tertiary/aromatic N) is 5. The van der Waals surface area contributed by atoms with E-state index >= 15 is 0 Å². The van der Waals surface area contributed by atoms with Crippen LogP contribution >= 0.6 is 0 Å². The zero-order valence-corrected chi connectivity index (χ0v) is 22.5. The van der Waals surface area contributed by atoms with Gasteiger partial charge in [0.25, 0.3) is 5.56 Å². The monoisotopic (exact) mass is 559 g/mol. The van der Waals surface area contributed by atoms with Crippen molar-refractivity contribution in [3.63, 3.8) is 0 Å². The van der Waals surface area contributed by atoms with Gasteiger partial charge >= 0.3 is 5.69 Å². The highest BCUT2D eigenvalue weighted by Gasteiger charge is 2.19. The van der Waals surface area contributed by atoms with Crippen LogP contribution in [0.1, 0.15) is 53.4 Å². The van der Waals surface area contributed by atoms with Crippen molar-refractivity contribution in [2.45, 2.75) is 72.1 Å². The van der Waals surface area contributed by atoms with Crippen LogP contribution in [0.25, 0.3) is 11.2 Å². The smallest absolute Gasteiger partial charge is 0.332 e. The summed E-state index contributed by atoms with van der Waals surface area (Å²) in [4.78, 5) is 29.9. The Hall–Kier alpha value is -1.64. The van der Waals surface area contributed by atoms with Crippen LogP contribution in [-0.4, -0.2) is 60.6 Å². The van der Waals surface area contributed by atoms with Crippen LogP contribution < -0.4 is 35.2 Å². The molecule has 0 bridgehead atoms. The maximum absolute atomic E-state index is 13.0. The fourth-order valence-electron chi connectivity index (χ4n) is 3.60. The Bertz CT molecular complexity index is 1070. The van der Waals surface area contributed by atoms with Gasteiger partial charge in [-0.25, -0.2) is 9.78 Å². The second kappa shape index (κ2) is 12.0. The Morgan fingerprint density at radius 1 is 1.16 bits per heavy atom. The van der Waals surface area contributed by atoms with Crippen molar-refractivity contribution >= 4 is 11.2 Å². The van der Waals surface area contributed by atoms with Gasteiger partial charge in [0.2, 0.25) is 0 Å². The molecule has 0 aliphatic heterocycles. The van der Waals surface area contributed by atoms with Gasteiger partial charge < -0.3 is 38.1 Å². The average molecular weight is 559 g/mol. The predicted octanol–water partition coefficient (Wildman–Crippen LogP) is -1.28. The summed E-state index contributed by atoms with van der Waals surface area (Å²) in [5.41, 5.74) is -0.850. The van der Waals surface area contributed by atoms with Gasteiger partial charge in [-0.05, 0) is 52.4 Å². The zero-order valence-electron chi connectivity index (χ0n) is 20.3. The number of aryl methyl sites for hydroxylation is 2. The number of unbranched alkanes of at least 4 members (excludes halogenated alkanes) is 1. The molecule has 1 atom stereocenters. The van der Waals surface area contributed by atoms with Crippen molar-refractivity contribution < 1.29 is 33.6 Å². The molecular formula is C23H38IN5O3. The zero-order chi connectivity index (χ0) is 23.2. The summed E-state index contributed by atoms with van der Waals surface area (Å²) >= 11 is 0. The second-order valence-electron chi connectivity index (χ2n) is 8.85. The maximum atomic E-state index is 13.0. The SMILES string of the molecule is CCCn1cnc2c1c(=O)n(CCCCC(C)(O)C#CC[N+](C)(CC)CC)c(=O)n2C.[I-]. The number of imidazole rings is 1. The molecule has 1 N–H and O–H groups in total. The highest BCUT2D eigenvalue weighted by molar-refractivity contribution is 5.69. The fraction of sp³-hybridized carbons (Fsp3) is 0.696. The van der Waals surface area contributed by atoms with Gasteiger partial charge in [0, 0.05) is 20.1 Å². The molecule has 0 aliphatic carbocycles. The van der Waals surface area contributed by atoms with Crippen LogP contribution in [0.4, 0.5) is 0 Å². The van der Waals surface area contributed by atoms with E-state index in [9.17, 15) is 14.7 Å². The third-order valence-corrected chi connectivity index (χ3v) is 6.21. The summed E-state index contributed by atoms with van der Waals surface area (Å²) in [5, 5.41) is 10.6. The van der Waals surface area contributed by atoms with Crippen LogP contribution in [0.3, 0.4) is 0 Å². The number of fused-ring (bicyclic) bond motifs is 1. The Kier molecular flexibility index (Phi) is 10.6. The molecule has 0 radical (unpaired) electrons. The number of halogens is 1. The quantitative estimate of drug-likeness (QED) is 0.170. The number of aliphatic hydroxyl groups is 1. The van der Waals surface area contributed by atoms with E-state index in [0.29, 0.717) is 50.1 Å². The standard InChI is InChI=1S/C23H38N5O3.HI/c1-7-15-26-18-24-20-19(26)21(29)27(22(30)25(20)5)16-11-10-13-23(4,31)14-12-17-28(6,8-2)9-3;/h18,31H,7-11,13,15-17H2,1-6H3;1H/q+1;/p-1. The molecule has 0 fully saturated rings. The van der Waals surface area contributed by atoms with E-state index in [1.54, 1.807) is 20.3 Å². The molecule has 2 aromatic rings. The Labute approximate surface area is 207 Å². The van der Waals surface area contributed by atoms with Crippen LogP contribution in [-0.2, 0) is 20.1 Å². The fourth-order valence-corrected chi connectivity index (χ4v) is 3.60. The lowest BCUT2D eigenvalue weighted by Crippen LogP contribution is -3.00. The van der Waals surface area contributed by atoms with Gasteiger partial charge in [-0.1, -0.05) is 12.8 Å². The topological polar surface area (TPSA) is 82.1 Å². The van der Waals surface area contributed by atoms with Gasteiger partial charge in [0.05, 0.1) is 26.5 Å². The van der Waals surface area contributed by atoms with Crippen molar-refractivity contribution in [2.24, 2.45) is 7.05 Å². The van der Waals surface area contributed by atoms with E-state index in [1.807, 2.05) is 11.5 Å². The summed E-state index contributed by atoms with van der Waals surface area (Å²) in [6.45, 7) is 11.7. The van der Waals surface area contributed by atoms with Gasteiger partial charge in [-0.2, -0.15) is 0 Å². The summed E-state index contributed by atoms with van der Waals surface area (Å²) in [5.74, 6) is 6.14. The van der Waals surface area contributed by atoms with Crippen molar-refractivity contribution in [1.82, 2.24) is 18.7 Å². The van der Waals surface area contributed by atoms with E-state index in [2.05, 4.69) is 37.7 Å². The van der Waals surface area contributed by atoms with Crippen molar-refractivity contribution in [2.75, 3.05) is 26.7 Å². The molecule has 2 rings (SSSR count). The first kappa shape index (κ1) is 28.4. The number of aromatic nitrogens is 4. The number of hydrogen-bond acceptors (Lipinski definition) is 4. The summed E-state index contributed by atoms with van der Waals surface area (Å²) in [6, 6.07) is 0. The molecule has 0 saturated heterocycles. The minimum Gasteiger partial charge on any atom is -1.00 e. The lowest BCUT2D eigenvalue weighted by molar-refractivity contribution is -0.899. The Morgan fingerprint density at radius 2 is 1.81 bits per heavy atom. The van der Waals surface area contributed by atoms with Crippen molar-refractivity contribution in [3.05, 3.63) is 27.2 Å². The van der Waals surface area contributed by atoms with Crippen LogP contribution in [0.5, 0.6) is 0 Å². The molecular weight excluding hydrogens is 521 g/mol. The summed E-state index contributed by atoms with van der Waals surface area (Å²) < 4.78 is 5.38. The molecule has 0 spiro atoms. The molecule has 0 aromatic carbocycles. The second-order valence-corrected chi connectivity index (χ2v) is 8.85. The van der Waals surface area contributed by atoms with Crippen LogP contribution in [0.2, 0.25) is 0 Å². The van der Waals surface area contributed by atoms with Crippen molar-refractivity contribution in [3.8, 4) is 11.8 Å². The number of hydrogen-bond donors (Lipinski definition) is 1.